The summed E-state index contributed by atoms with van der Waals surface area (Å²) < 4.78 is 10.6. The van der Waals surface area contributed by atoms with Gasteiger partial charge in [-0.2, -0.15) is 5.10 Å². The van der Waals surface area contributed by atoms with Crippen LogP contribution in [0.2, 0.25) is 0 Å². The van der Waals surface area contributed by atoms with Crippen LogP contribution in [0.3, 0.4) is 0 Å². The lowest BCUT2D eigenvalue weighted by atomic mass is 10.2. The van der Waals surface area contributed by atoms with Crippen LogP contribution in [0.4, 0.5) is 17.1 Å². The summed E-state index contributed by atoms with van der Waals surface area (Å²) in [5.41, 5.74) is 1.94. The summed E-state index contributed by atoms with van der Waals surface area (Å²) in [5.74, 6) is -1.51. The quantitative estimate of drug-likeness (QED) is 0.214. The number of nitrogens with zero attached hydrogens (tertiary/aromatic N) is 3. The molecule has 13 nitrogen and oxygen atoms in total. The van der Waals surface area contributed by atoms with Crippen LogP contribution < -0.4 is 20.2 Å². The molecule has 0 fully saturated rings. The molecule has 0 aliphatic carbocycles. The van der Waals surface area contributed by atoms with E-state index in [1.165, 1.54) is 37.6 Å². The predicted molar refractivity (Wildman–Crippen MR) is 124 cm³/mol. The molecule has 0 radical (unpaired) electrons. The third-order valence-electron chi connectivity index (χ3n) is 4.40. The van der Waals surface area contributed by atoms with Crippen molar-refractivity contribution in [3.8, 4) is 17.2 Å². The highest BCUT2D eigenvalue weighted by molar-refractivity contribution is 6.39. The Bertz CT molecular complexity index is 1310. The molecule has 0 aliphatic rings. The summed E-state index contributed by atoms with van der Waals surface area (Å²) in [6.07, 6.45) is 1.27. The van der Waals surface area contributed by atoms with Gasteiger partial charge in [-0.25, -0.2) is 5.43 Å². The molecule has 0 atom stereocenters. The molecule has 0 aromatic heterocycles. The average Bonchev–Trinajstić information content (AvgIpc) is 2.85. The van der Waals surface area contributed by atoms with Crippen LogP contribution in [0.15, 0.2) is 71.8 Å². The molecule has 0 saturated heterocycles. The van der Waals surface area contributed by atoms with Gasteiger partial charge in [0, 0.05) is 6.07 Å². The lowest BCUT2D eigenvalue weighted by Crippen LogP contribution is -2.32. The maximum Gasteiger partial charge on any atom is 0.329 e. The van der Waals surface area contributed by atoms with Crippen LogP contribution in [0.25, 0.3) is 0 Å². The summed E-state index contributed by atoms with van der Waals surface area (Å²) in [7, 11) is 1.43. The van der Waals surface area contributed by atoms with E-state index in [2.05, 4.69) is 15.8 Å². The first kappa shape index (κ1) is 24.3. The van der Waals surface area contributed by atoms with E-state index in [0.29, 0.717) is 17.0 Å². The highest BCUT2D eigenvalue weighted by Crippen LogP contribution is 2.34. The normalized spacial score (nSPS) is 10.4. The van der Waals surface area contributed by atoms with Gasteiger partial charge in [-0.3, -0.25) is 29.8 Å². The number of non-ortho nitro benzene ring substituents is 1. The van der Waals surface area contributed by atoms with E-state index < -0.39 is 33.0 Å². The Kier molecular flexibility index (Phi) is 7.64. The van der Waals surface area contributed by atoms with Crippen LogP contribution in [0.5, 0.6) is 17.2 Å². The number of para-hydroxylation sites is 2. The second kappa shape index (κ2) is 11.0. The zero-order chi connectivity index (χ0) is 25.4. The number of hydrogen-bond acceptors (Lipinski definition) is 9. The van der Waals surface area contributed by atoms with Crippen molar-refractivity contribution in [2.45, 2.75) is 0 Å². The van der Waals surface area contributed by atoms with Crippen LogP contribution >= 0.6 is 0 Å². The third-order valence-corrected chi connectivity index (χ3v) is 4.40. The maximum absolute atomic E-state index is 12.0. The number of methoxy groups -OCH3 is 1. The number of carbonyl (C=O) groups excluding carboxylic acids is 2. The Morgan fingerprint density at radius 1 is 0.914 bits per heavy atom. The van der Waals surface area contributed by atoms with Gasteiger partial charge >= 0.3 is 17.5 Å². The van der Waals surface area contributed by atoms with E-state index in [9.17, 15) is 29.8 Å². The zero-order valence-electron chi connectivity index (χ0n) is 18.0. The van der Waals surface area contributed by atoms with Gasteiger partial charge < -0.3 is 14.8 Å². The van der Waals surface area contributed by atoms with Crippen molar-refractivity contribution in [2.75, 3.05) is 12.4 Å². The molecule has 2 N–H and O–H groups in total. The molecular weight excluding hydrogens is 462 g/mol. The molecule has 0 unspecified atom stereocenters. The molecular formula is C22H17N5O8. The molecule has 0 bridgehead atoms. The molecule has 3 aromatic carbocycles. The van der Waals surface area contributed by atoms with Crippen LogP contribution in [0, 0.1) is 20.2 Å². The van der Waals surface area contributed by atoms with E-state index in [-0.39, 0.29) is 11.5 Å². The van der Waals surface area contributed by atoms with Crippen molar-refractivity contribution < 1.29 is 28.9 Å². The van der Waals surface area contributed by atoms with Crippen molar-refractivity contribution >= 4 is 35.1 Å². The Labute approximate surface area is 197 Å². The molecule has 2 amide bonds. The number of nitrogens with one attached hydrogen (secondary N) is 2. The summed E-state index contributed by atoms with van der Waals surface area (Å²) in [6.45, 7) is 0. The molecule has 0 spiro atoms. The molecule has 178 valence electrons. The van der Waals surface area contributed by atoms with E-state index in [1.807, 2.05) is 0 Å². The van der Waals surface area contributed by atoms with Gasteiger partial charge in [-0.1, -0.05) is 12.1 Å². The largest absolute Gasteiger partial charge is 0.495 e. The van der Waals surface area contributed by atoms with Gasteiger partial charge in [0.15, 0.2) is 0 Å². The number of benzene rings is 3. The van der Waals surface area contributed by atoms with Crippen molar-refractivity contribution in [1.29, 1.82) is 0 Å². The second-order valence-corrected chi connectivity index (χ2v) is 6.69. The van der Waals surface area contributed by atoms with E-state index in [4.69, 9.17) is 9.47 Å². The molecule has 0 aliphatic heterocycles. The van der Waals surface area contributed by atoms with Crippen molar-refractivity contribution in [2.24, 2.45) is 5.10 Å². The fourth-order valence-corrected chi connectivity index (χ4v) is 2.74. The number of nitro groups is 2. The van der Waals surface area contributed by atoms with Crippen LogP contribution in [-0.4, -0.2) is 35.0 Å². The zero-order valence-corrected chi connectivity index (χ0v) is 18.0. The van der Waals surface area contributed by atoms with Crippen molar-refractivity contribution in [3.05, 3.63) is 92.5 Å². The first-order valence-electron chi connectivity index (χ1n) is 9.76. The highest BCUT2D eigenvalue weighted by Gasteiger charge is 2.21. The number of hydrazone groups is 1. The topological polar surface area (TPSA) is 175 Å². The summed E-state index contributed by atoms with van der Waals surface area (Å²) in [5, 5.41) is 28.2. The Hall–Kier alpha value is -5.33. The van der Waals surface area contributed by atoms with E-state index >= 15 is 0 Å². The minimum atomic E-state index is -1.00. The number of hydrogen-bond donors (Lipinski definition) is 2. The van der Waals surface area contributed by atoms with Gasteiger partial charge in [0.05, 0.1) is 34.9 Å². The lowest BCUT2D eigenvalue weighted by Gasteiger charge is -2.08. The Balaban J connectivity index is 1.60. The van der Waals surface area contributed by atoms with Gasteiger partial charge in [0.25, 0.3) is 5.69 Å². The number of anilines is 1. The van der Waals surface area contributed by atoms with E-state index in [0.717, 1.165) is 18.2 Å². The highest BCUT2D eigenvalue weighted by atomic mass is 16.6. The maximum atomic E-state index is 12.0. The van der Waals surface area contributed by atoms with Gasteiger partial charge in [0.2, 0.25) is 5.75 Å². The first-order chi connectivity index (χ1) is 16.8. The molecule has 3 rings (SSSR count). The molecule has 0 saturated carbocycles. The molecule has 0 heterocycles. The van der Waals surface area contributed by atoms with Crippen molar-refractivity contribution in [3.63, 3.8) is 0 Å². The van der Waals surface area contributed by atoms with Crippen LogP contribution in [-0.2, 0) is 9.59 Å². The lowest BCUT2D eigenvalue weighted by molar-refractivity contribution is -0.394. The van der Waals surface area contributed by atoms with Crippen LogP contribution in [0.1, 0.15) is 5.56 Å². The summed E-state index contributed by atoms with van der Waals surface area (Å²) in [4.78, 5) is 44.5. The summed E-state index contributed by atoms with van der Waals surface area (Å²) in [6, 6.07) is 15.6. The van der Waals surface area contributed by atoms with Gasteiger partial charge in [-0.15, -0.1) is 0 Å². The van der Waals surface area contributed by atoms with Gasteiger partial charge in [0.1, 0.15) is 11.5 Å². The molecule has 13 heteroatoms. The summed E-state index contributed by atoms with van der Waals surface area (Å²) >= 11 is 0. The number of amides is 2. The third kappa shape index (κ3) is 6.35. The number of carbonyl (C=O) groups is 2. The Morgan fingerprint density at radius 2 is 1.63 bits per heavy atom. The first-order valence-corrected chi connectivity index (χ1v) is 9.76. The minimum absolute atomic E-state index is 0.171. The smallest absolute Gasteiger partial charge is 0.329 e. The molecule has 3 aromatic rings. The number of rotatable bonds is 8. The van der Waals surface area contributed by atoms with E-state index in [1.54, 1.807) is 24.3 Å². The number of nitro benzene ring substituents is 2. The fourth-order valence-electron chi connectivity index (χ4n) is 2.74. The fraction of sp³-hybridized carbons (Fsp3) is 0.0455. The SMILES string of the molecule is COc1ccccc1NC(=O)C(=O)NN=Cc1ccc(Oc2ccc([N+](=O)[O-])cc2[N+](=O)[O-])cc1. The minimum Gasteiger partial charge on any atom is -0.495 e. The standard InChI is InChI=1S/C22H17N5O8/c1-34-19-5-3-2-4-17(19)24-21(28)22(29)25-23-13-14-6-9-16(10-7-14)35-20-11-8-15(26(30)31)12-18(20)27(32)33/h2-13H,1H3,(H,24,28)(H,25,29). The predicted octanol–water partition coefficient (Wildman–Crippen LogP) is 3.39. The van der Waals surface area contributed by atoms with Gasteiger partial charge in [-0.05, 0) is 48.0 Å². The molecule has 35 heavy (non-hydrogen) atoms. The average molecular weight is 479 g/mol. The van der Waals surface area contributed by atoms with Crippen molar-refractivity contribution in [1.82, 2.24) is 5.43 Å². The second-order valence-electron chi connectivity index (χ2n) is 6.69. The number of ether oxygens (including phenoxy) is 2. The Morgan fingerprint density at radius 3 is 2.29 bits per heavy atom. The monoisotopic (exact) mass is 479 g/mol.